The van der Waals surface area contributed by atoms with Crippen LogP contribution in [-0.4, -0.2) is 44.2 Å². The van der Waals surface area contributed by atoms with Crippen molar-refractivity contribution in [1.82, 2.24) is 10.2 Å². The molecule has 0 aliphatic rings. The molecule has 3 unspecified atom stereocenters. The summed E-state index contributed by atoms with van der Waals surface area (Å²) < 4.78 is 0. The lowest BCUT2D eigenvalue weighted by Gasteiger charge is -2.27. The summed E-state index contributed by atoms with van der Waals surface area (Å²) in [5.74, 6) is 1.75. The summed E-state index contributed by atoms with van der Waals surface area (Å²) in [6.07, 6.45) is 17.3. The zero-order valence-electron chi connectivity index (χ0n) is 19.3. The molecule has 3 nitrogen and oxygen atoms in total. The molecule has 0 spiro atoms. The Kier molecular flexibility index (Phi) is 18.7. The summed E-state index contributed by atoms with van der Waals surface area (Å²) in [4.78, 5) is 2.67. The van der Waals surface area contributed by atoms with Crippen LogP contribution in [0.4, 0.5) is 0 Å². The molecule has 3 atom stereocenters. The molecule has 0 aromatic rings. The molecule has 162 valence electrons. The van der Waals surface area contributed by atoms with Gasteiger partial charge >= 0.3 is 0 Å². The molecule has 0 aromatic heterocycles. The second-order valence-electron chi connectivity index (χ2n) is 8.47. The van der Waals surface area contributed by atoms with E-state index in [1.807, 2.05) is 7.05 Å². The van der Waals surface area contributed by atoms with E-state index < -0.39 is 0 Å². The number of nitrogens with zero attached hydrogens (tertiary/aromatic N) is 1. The first-order chi connectivity index (χ1) is 13.1. The fourth-order valence-corrected chi connectivity index (χ4v) is 3.65. The van der Waals surface area contributed by atoms with Crippen LogP contribution in [0.5, 0.6) is 0 Å². The van der Waals surface area contributed by atoms with E-state index in [0.717, 1.165) is 31.2 Å². The third kappa shape index (κ3) is 16.3. The van der Waals surface area contributed by atoms with Gasteiger partial charge in [0.05, 0.1) is 0 Å². The first kappa shape index (κ1) is 26.6. The molecule has 0 heterocycles. The van der Waals surface area contributed by atoms with Crippen molar-refractivity contribution in [2.75, 3.05) is 33.2 Å². The van der Waals surface area contributed by atoms with Gasteiger partial charge in [-0.25, -0.2) is 0 Å². The normalized spacial score (nSPS) is 15.5. The van der Waals surface area contributed by atoms with Crippen LogP contribution >= 0.6 is 0 Å². The fraction of sp³-hybridized carbons (Fsp3) is 0.917. The van der Waals surface area contributed by atoms with Crippen molar-refractivity contribution >= 4 is 0 Å². The van der Waals surface area contributed by atoms with Crippen molar-refractivity contribution in [3.63, 3.8) is 0 Å². The maximum atomic E-state index is 6.09. The van der Waals surface area contributed by atoms with Gasteiger partial charge < -0.3 is 16.0 Å². The second kappa shape index (κ2) is 19.0. The Balaban J connectivity index is 3.75. The van der Waals surface area contributed by atoms with E-state index in [0.29, 0.717) is 6.04 Å². The number of nitrogens with one attached hydrogen (secondary N) is 1. The van der Waals surface area contributed by atoms with E-state index in [4.69, 9.17) is 5.73 Å². The number of nitrogens with two attached hydrogens (primary N) is 1. The van der Waals surface area contributed by atoms with Crippen LogP contribution in [0.15, 0.2) is 12.2 Å². The highest BCUT2D eigenvalue weighted by Crippen LogP contribution is 2.19. The Bertz CT molecular complexity index is 330. The van der Waals surface area contributed by atoms with Crippen LogP contribution in [0.2, 0.25) is 0 Å². The predicted octanol–water partition coefficient (Wildman–Crippen LogP) is 5.60. The van der Waals surface area contributed by atoms with E-state index in [2.05, 4.69) is 50.1 Å². The minimum absolute atomic E-state index is 0.359. The highest BCUT2D eigenvalue weighted by molar-refractivity contribution is 4.82. The van der Waals surface area contributed by atoms with Gasteiger partial charge in [-0.1, -0.05) is 52.7 Å². The van der Waals surface area contributed by atoms with Crippen LogP contribution in [0, 0.1) is 11.8 Å². The van der Waals surface area contributed by atoms with Gasteiger partial charge in [0.25, 0.3) is 0 Å². The quantitative estimate of drug-likeness (QED) is 0.226. The number of rotatable bonds is 19. The number of allylic oxidation sites excluding steroid dienone is 2. The highest BCUT2D eigenvalue weighted by Gasteiger charge is 2.14. The van der Waals surface area contributed by atoms with Crippen LogP contribution in [-0.2, 0) is 0 Å². The van der Waals surface area contributed by atoms with Gasteiger partial charge in [0.2, 0.25) is 0 Å². The lowest BCUT2D eigenvalue weighted by Crippen LogP contribution is -2.31. The average Bonchev–Trinajstić information content (AvgIpc) is 2.68. The summed E-state index contributed by atoms with van der Waals surface area (Å²) in [6, 6.07) is 0.359. The summed E-state index contributed by atoms with van der Waals surface area (Å²) in [5.41, 5.74) is 6.09. The van der Waals surface area contributed by atoms with Crippen LogP contribution < -0.4 is 11.1 Å². The summed E-state index contributed by atoms with van der Waals surface area (Å²) in [6.45, 7) is 14.2. The molecule has 0 fully saturated rings. The molecular formula is C24H51N3. The molecule has 0 radical (unpaired) electrons. The topological polar surface area (TPSA) is 41.3 Å². The predicted molar refractivity (Wildman–Crippen MR) is 123 cm³/mol. The van der Waals surface area contributed by atoms with Crippen molar-refractivity contribution < 1.29 is 0 Å². The molecule has 0 aliphatic heterocycles. The number of unbranched alkanes of at least 4 members (excludes halogenated alkanes) is 3. The van der Waals surface area contributed by atoms with E-state index in [1.165, 1.54) is 71.0 Å². The standard InChI is InChI=1S/C24H51N3/c1-6-22(4)20-23(7-2)21-27(8-3)19-15-13-11-9-10-12-14-16-24(25)17-18-26-5/h9-10,22-24,26H,6-8,11-21,25H2,1-5H3/b10-9-. The summed E-state index contributed by atoms with van der Waals surface area (Å²) >= 11 is 0. The van der Waals surface area contributed by atoms with Gasteiger partial charge in [-0.15, -0.1) is 0 Å². The van der Waals surface area contributed by atoms with Crippen LogP contribution in [0.25, 0.3) is 0 Å². The Morgan fingerprint density at radius 2 is 1.67 bits per heavy atom. The Morgan fingerprint density at radius 3 is 2.26 bits per heavy atom. The minimum Gasteiger partial charge on any atom is -0.328 e. The van der Waals surface area contributed by atoms with Crippen molar-refractivity contribution in [2.24, 2.45) is 17.6 Å². The molecule has 0 bridgehead atoms. The Hall–Kier alpha value is -0.380. The average molecular weight is 382 g/mol. The van der Waals surface area contributed by atoms with Crippen LogP contribution in [0.1, 0.15) is 91.9 Å². The fourth-order valence-electron chi connectivity index (χ4n) is 3.65. The maximum Gasteiger partial charge on any atom is 0.00510 e. The molecule has 27 heavy (non-hydrogen) atoms. The third-order valence-electron chi connectivity index (χ3n) is 5.95. The van der Waals surface area contributed by atoms with Gasteiger partial charge in [-0.2, -0.15) is 0 Å². The number of hydrogen-bond donors (Lipinski definition) is 2. The van der Waals surface area contributed by atoms with Gasteiger partial charge in [0.1, 0.15) is 0 Å². The second-order valence-corrected chi connectivity index (χ2v) is 8.47. The third-order valence-corrected chi connectivity index (χ3v) is 5.95. The van der Waals surface area contributed by atoms with Crippen molar-refractivity contribution in [1.29, 1.82) is 0 Å². The molecule has 0 amide bonds. The zero-order chi connectivity index (χ0) is 20.3. The molecule has 0 aromatic carbocycles. The van der Waals surface area contributed by atoms with E-state index >= 15 is 0 Å². The first-order valence-corrected chi connectivity index (χ1v) is 11.8. The molecule has 3 heteroatoms. The molecule has 0 saturated heterocycles. The van der Waals surface area contributed by atoms with Crippen LogP contribution in [0.3, 0.4) is 0 Å². The Morgan fingerprint density at radius 1 is 0.963 bits per heavy atom. The highest BCUT2D eigenvalue weighted by atomic mass is 15.1. The van der Waals surface area contributed by atoms with Gasteiger partial charge in [-0.3, -0.25) is 0 Å². The Labute approximate surface area is 171 Å². The summed E-state index contributed by atoms with van der Waals surface area (Å²) in [5, 5.41) is 3.17. The molecule has 0 rings (SSSR count). The van der Waals surface area contributed by atoms with Gasteiger partial charge in [0.15, 0.2) is 0 Å². The maximum absolute atomic E-state index is 6.09. The van der Waals surface area contributed by atoms with E-state index in [-0.39, 0.29) is 0 Å². The van der Waals surface area contributed by atoms with Gasteiger partial charge in [0, 0.05) is 12.6 Å². The first-order valence-electron chi connectivity index (χ1n) is 11.8. The lowest BCUT2D eigenvalue weighted by molar-refractivity contribution is 0.212. The number of hydrogen-bond acceptors (Lipinski definition) is 3. The molecule has 3 N–H and O–H groups in total. The molecule has 0 saturated carbocycles. The van der Waals surface area contributed by atoms with E-state index in [9.17, 15) is 0 Å². The molecule has 0 aliphatic carbocycles. The monoisotopic (exact) mass is 381 g/mol. The van der Waals surface area contributed by atoms with Crippen molar-refractivity contribution in [3.8, 4) is 0 Å². The van der Waals surface area contributed by atoms with Crippen molar-refractivity contribution in [2.45, 2.75) is 97.9 Å². The van der Waals surface area contributed by atoms with Crippen molar-refractivity contribution in [3.05, 3.63) is 12.2 Å². The summed E-state index contributed by atoms with van der Waals surface area (Å²) in [7, 11) is 1.99. The lowest BCUT2D eigenvalue weighted by atomic mass is 9.91. The zero-order valence-corrected chi connectivity index (χ0v) is 19.3. The van der Waals surface area contributed by atoms with E-state index in [1.54, 1.807) is 0 Å². The largest absolute Gasteiger partial charge is 0.328 e. The SMILES string of the molecule is CCC(C)CC(CC)CN(CC)CCCC/C=C\CCCC(N)CCNC. The minimum atomic E-state index is 0.359. The van der Waals surface area contributed by atoms with Gasteiger partial charge in [-0.05, 0) is 89.9 Å². The smallest absolute Gasteiger partial charge is 0.00510 e. The molecular weight excluding hydrogens is 330 g/mol.